The van der Waals surface area contributed by atoms with E-state index < -0.39 is 0 Å². The van der Waals surface area contributed by atoms with Crippen LogP contribution in [0.1, 0.15) is 5.56 Å². The number of para-hydroxylation sites is 2. The lowest BCUT2D eigenvalue weighted by molar-refractivity contribution is 0.667. The van der Waals surface area contributed by atoms with E-state index in [-0.39, 0.29) is 0 Å². The first-order chi connectivity index (χ1) is 18.8. The fraction of sp³-hybridized carbons (Fsp3) is 0.0286. The zero-order chi connectivity index (χ0) is 25.2. The lowest BCUT2D eigenvalue weighted by atomic mass is 9.91. The highest BCUT2D eigenvalue weighted by Gasteiger charge is 2.17. The van der Waals surface area contributed by atoms with Crippen LogP contribution in [0.3, 0.4) is 0 Å². The molecule has 178 valence electrons. The SMILES string of the molecule is Cc1cccc2c1oc1c(-c3ccccc3-c3ccc4c(c3)c3ccccc3c3nccnc43)cccc12. The molecule has 6 aromatic carbocycles. The molecule has 0 atom stereocenters. The van der Waals surface area contributed by atoms with Gasteiger partial charge in [-0.15, -0.1) is 0 Å². The molecule has 0 aliphatic carbocycles. The Kier molecular flexibility index (Phi) is 4.44. The lowest BCUT2D eigenvalue weighted by Crippen LogP contribution is -1.90. The minimum Gasteiger partial charge on any atom is -0.455 e. The van der Waals surface area contributed by atoms with Crippen LogP contribution in [0.2, 0.25) is 0 Å². The van der Waals surface area contributed by atoms with Crippen molar-refractivity contribution in [3.63, 3.8) is 0 Å². The number of hydrogen-bond donors (Lipinski definition) is 0. The van der Waals surface area contributed by atoms with Crippen molar-refractivity contribution in [3.05, 3.63) is 121 Å². The van der Waals surface area contributed by atoms with Crippen LogP contribution in [0.5, 0.6) is 0 Å². The van der Waals surface area contributed by atoms with E-state index in [0.717, 1.165) is 66.0 Å². The van der Waals surface area contributed by atoms with Crippen LogP contribution in [0.25, 0.3) is 76.8 Å². The highest BCUT2D eigenvalue weighted by molar-refractivity contribution is 6.23. The van der Waals surface area contributed by atoms with Gasteiger partial charge in [0.05, 0.1) is 11.0 Å². The standard InChI is InChI=1S/C35H22N2O/c1-21-8-6-13-29-30-15-7-14-28(35(30)38-34(21)29)24-10-3-2-9-23(24)22-16-17-27-31(20-22)25-11-4-5-12-26(25)32-33(27)37-19-18-36-32/h2-20H,1H3. The van der Waals surface area contributed by atoms with Crippen molar-refractivity contribution in [2.45, 2.75) is 6.92 Å². The second-order valence-corrected chi connectivity index (χ2v) is 9.84. The van der Waals surface area contributed by atoms with Crippen molar-refractivity contribution in [2.75, 3.05) is 0 Å². The highest BCUT2D eigenvalue weighted by Crippen LogP contribution is 2.42. The van der Waals surface area contributed by atoms with E-state index in [1.165, 1.54) is 16.3 Å². The van der Waals surface area contributed by atoms with Gasteiger partial charge < -0.3 is 4.42 Å². The first-order valence-corrected chi connectivity index (χ1v) is 12.8. The van der Waals surface area contributed by atoms with Gasteiger partial charge in [0.15, 0.2) is 0 Å². The van der Waals surface area contributed by atoms with E-state index in [1.54, 1.807) is 12.4 Å². The Hall–Kier alpha value is -5.02. The van der Waals surface area contributed by atoms with Crippen molar-refractivity contribution in [1.29, 1.82) is 0 Å². The Balaban J connectivity index is 1.42. The summed E-state index contributed by atoms with van der Waals surface area (Å²) in [5, 5.41) is 6.90. The molecule has 3 nitrogen and oxygen atoms in total. The normalized spacial score (nSPS) is 11.8. The maximum atomic E-state index is 6.52. The van der Waals surface area contributed by atoms with E-state index in [9.17, 15) is 0 Å². The van der Waals surface area contributed by atoms with Crippen molar-refractivity contribution < 1.29 is 4.42 Å². The monoisotopic (exact) mass is 486 g/mol. The molecule has 2 aromatic heterocycles. The third-order valence-electron chi connectivity index (χ3n) is 7.69. The van der Waals surface area contributed by atoms with Crippen LogP contribution >= 0.6 is 0 Å². The largest absolute Gasteiger partial charge is 0.455 e. The number of benzene rings is 6. The first-order valence-electron chi connectivity index (χ1n) is 12.8. The number of aromatic nitrogens is 2. The Morgan fingerprint density at radius 1 is 0.474 bits per heavy atom. The molecule has 0 aliphatic heterocycles. The van der Waals surface area contributed by atoms with E-state index >= 15 is 0 Å². The van der Waals surface area contributed by atoms with Gasteiger partial charge in [-0.25, -0.2) is 0 Å². The van der Waals surface area contributed by atoms with Gasteiger partial charge in [0.2, 0.25) is 0 Å². The predicted molar refractivity (Wildman–Crippen MR) is 157 cm³/mol. The summed E-state index contributed by atoms with van der Waals surface area (Å²) in [6, 6.07) is 36.6. The molecule has 2 heterocycles. The zero-order valence-electron chi connectivity index (χ0n) is 20.8. The molecule has 0 aliphatic rings. The van der Waals surface area contributed by atoms with Gasteiger partial charge in [-0.3, -0.25) is 9.97 Å². The number of aryl methyl sites for hydroxylation is 1. The first kappa shape index (κ1) is 21.1. The van der Waals surface area contributed by atoms with Gasteiger partial charge in [-0.1, -0.05) is 97.1 Å². The van der Waals surface area contributed by atoms with E-state index in [1.807, 2.05) is 0 Å². The summed E-state index contributed by atoms with van der Waals surface area (Å²) >= 11 is 0. The number of hydrogen-bond acceptors (Lipinski definition) is 3. The summed E-state index contributed by atoms with van der Waals surface area (Å²) in [4.78, 5) is 9.39. The van der Waals surface area contributed by atoms with Gasteiger partial charge in [0.25, 0.3) is 0 Å². The average Bonchev–Trinajstić information content (AvgIpc) is 3.37. The van der Waals surface area contributed by atoms with Crippen LogP contribution in [-0.4, -0.2) is 9.97 Å². The van der Waals surface area contributed by atoms with Crippen LogP contribution < -0.4 is 0 Å². The number of nitrogens with zero attached hydrogens (tertiary/aromatic N) is 2. The topological polar surface area (TPSA) is 38.9 Å². The minimum absolute atomic E-state index is 0.928. The molecule has 0 amide bonds. The van der Waals surface area contributed by atoms with Gasteiger partial charge in [-0.2, -0.15) is 0 Å². The Bertz CT molecular complexity index is 2170. The molecule has 0 radical (unpaired) electrons. The molecule has 8 rings (SSSR count). The van der Waals surface area contributed by atoms with Gasteiger partial charge >= 0.3 is 0 Å². The summed E-state index contributed by atoms with van der Waals surface area (Å²) in [6.45, 7) is 2.10. The quantitative estimate of drug-likeness (QED) is 0.228. The van der Waals surface area contributed by atoms with Gasteiger partial charge in [0, 0.05) is 39.5 Å². The molecule has 8 aromatic rings. The molecule has 0 fully saturated rings. The smallest absolute Gasteiger partial charge is 0.143 e. The van der Waals surface area contributed by atoms with Crippen LogP contribution in [0.15, 0.2) is 120 Å². The number of fused-ring (bicyclic) bond motifs is 9. The van der Waals surface area contributed by atoms with Crippen molar-refractivity contribution in [1.82, 2.24) is 9.97 Å². The van der Waals surface area contributed by atoms with E-state index in [4.69, 9.17) is 9.40 Å². The van der Waals surface area contributed by atoms with Gasteiger partial charge in [0.1, 0.15) is 11.2 Å². The molecule has 38 heavy (non-hydrogen) atoms. The molecule has 0 saturated heterocycles. The van der Waals surface area contributed by atoms with Gasteiger partial charge in [-0.05, 0) is 46.0 Å². The van der Waals surface area contributed by atoms with Crippen LogP contribution in [-0.2, 0) is 0 Å². The summed E-state index contributed by atoms with van der Waals surface area (Å²) in [5.74, 6) is 0. The predicted octanol–water partition coefficient (Wildman–Crippen LogP) is 9.48. The van der Waals surface area contributed by atoms with Crippen LogP contribution in [0, 0.1) is 6.92 Å². The lowest BCUT2D eigenvalue weighted by Gasteiger charge is -2.13. The van der Waals surface area contributed by atoms with E-state index in [2.05, 4.69) is 115 Å². The summed E-state index contributed by atoms with van der Waals surface area (Å²) < 4.78 is 6.52. The average molecular weight is 487 g/mol. The molecule has 0 saturated carbocycles. The minimum atomic E-state index is 0.928. The van der Waals surface area contributed by atoms with Crippen molar-refractivity contribution in [3.8, 4) is 22.3 Å². The second kappa shape index (κ2) is 7.99. The maximum absolute atomic E-state index is 6.52. The van der Waals surface area contributed by atoms with Crippen molar-refractivity contribution in [2.24, 2.45) is 0 Å². The highest BCUT2D eigenvalue weighted by atomic mass is 16.3. The fourth-order valence-electron chi connectivity index (χ4n) is 5.94. The third-order valence-corrected chi connectivity index (χ3v) is 7.69. The van der Waals surface area contributed by atoms with Crippen LogP contribution in [0.4, 0.5) is 0 Å². The molecule has 0 unspecified atom stereocenters. The molecular weight excluding hydrogens is 464 g/mol. The Labute approximate surface area is 219 Å². The fourth-order valence-corrected chi connectivity index (χ4v) is 5.94. The zero-order valence-corrected chi connectivity index (χ0v) is 20.8. The third kappa shape index (κ3) is 2.96. The number of furan rings is 1. The molecule has 0 bridgehead atoms. The summed E-state index contributed by atoms with van der Waals surface area (Å²) in [5.41, 5.74) is 9.48. The summed E-state index contributed by atoms with van der Waals surface area (Å²) in [7, 11) is 0. The Morgan fingerprint density at radius 2 is 1.08 bits per heavy atom. The maximum Gasteiger partial charge on any atom is 0.143 e. The van der Waals surface area contributed by atoms with Crippen molar-refractivity contribution >= 4 is 54.5 Å². The summed E-state index contributed by atoms with van der Waals surface area (Å²) in [6.07, 6.45) is 3.54. The molecule has 0 spiro atoms. The second-order valence-electron chi connectivity index (χ2n) is 9.84. The molecular formula is C35H22N2O. The molecule has 0 N–H and O–H groups in total. The van der Waals surface area contributed by atoms with E-state index in [0.29, 0.717) is 0 Å². The Morgan fingerprint density at radius 3 is 1.89 bits per heavy atom. The molecule has 3 heteroatoms. The number of rotatable bonds is 2.